The van der Waals surface area contributed by atoms with E-state index in [-0.39, 0.29) is 46.3 Å². The zero-order valence-corrected chi connectivity index (χ0v) is 19.5. The fourth-order valence-corrected chi connectivity index (χ4v) is 5.01. The van der Waals surface area contributed by atoms with E-state index in [1.165, 1.54) is 17.1 Å². The van der Waals surface area contributed by atoms with E-state index in [1.54, 1.807) is 13.8 Å². The van der Waals surface area contributed by atoms with Crippen molar-refractivity contribution in [1.82, 2.24) is 15.2 Å². The maximum atomic E-state index is 13.0. The molecule has 1 aromatic rings. The van der Waals surface area contributed by atoms with Gasteiger partial charge in [0.1, 0.15) is 35.5 Å². The highest BCUT2D eigenvalue weighted by Gasteiger charge is 2.54. The molecule has 0 aromatic carbocycles. The highest BCUT2D eigenvalue weighted by Crippen LogP contribution is 2.40. The number of nitrogens with zero attached hydrogens (tertiary/aromatic N) is 3. The zero-order valence-electron chi connectivity index (χ0n) is 17.8. The number of carboxylic acids is 1. The van der Waals surface area contributed by atoms with E-state index < -0.39 is 35.3 Å². The second-order valence-corrected chi connectivity index (χ2v) is 9.08. The van der Waals surface area contributed by atoms with Gasteiger partial charge in [0.2, 0.25) is 6.41 Å². The molecule has 0 bridgehead atoms. The standard InChI is InChI=1S/C18H20N6O8S2/c1-7(2)32-23-10(9-5-34-18(21-9)20-6-25)13(26)22-11-14(27)24-12(16(28)29)8(3-31-17(19)30)4-33-15(11)24/h5-7,11,15H,3-4H2,1-2H3,(H2,19,30)(H,22,26)(H,28,29)(H,20,21,25)/t11?,15-/m0/s1. The summed E-state index contributed by atoms with van der Waals surface area (Å²) in [5, 5.41) is 19.4. The predicted molar refractivity (Wildman–Crippen MR) is 120 cm³/mol. The van der Waals surface area contributed by atoms with Crippen LogP contribution in [0.1, 0.15) is 19.5 Å². The van der Waals surface area contributed by atoms with Crippen LogP contribution >= 0.6 is 23.1 Å². The number of nitrogens with one attached hydrogen (secondary N) is 2. The molecule has 16 heteroatoms. The Bertz CT molecular complexity index is 1080. The van der Waals surface area contributed by atoms with Gasteiger partial charge in [-0.3, -0.25) is 19.3 Å². The topological polar surface area (TPSA) is 203 Å². The molecule has 1 unspecified atom stereocenters. The first-order valence-corrected chi connectivity index (χ1v) is 11.6. The molecule has 5 N–H and O–H groups in total. The number of oxime groups is 1. The quantitative estimate of drug-likeness (QED) is 0.139. The van der Waals surface area contributed by atoms with E-state index in [9.17, 15) is 29.1 Å². The number of carbonyl (C=O) groups excluding carboxylic acids is 4. The molecule has 182 valence electrons. The number of rotatable bonds is 10. The lowest BCUT2D eigenvalue weighted by Crippen LogP contribution is -2.71. The number of hydrogen-bond donors (Lipinski definition) is 4. The van der Waals surface area contributed by atoms with Crippen LogP contribution in [0.25, 0.3) is 0 Å². The van der Waals surface area contributed by atoms with Crippen molar-refractivity contribution >= 4 is 64.2 Å². The van der Waals surface area contributed by atoms with Gasteiger partial charge in [0.25, 0.3) is 11.8 Å². The Morgan fingerprint density at radius 3 is 2.79 bits per heavy atom. The SMILES string of the molecule is CC(C)ON=C(C(=O)NC1C(=O)N2C(C(=O)O)=C(COC(N)=O)CS[C@@H]12)c1csc(NC=O)n1. The average molecular weight is 513 g/mol. The van der Waals surface area contributed by atoms with Crippen LogP contribution in [0.15, 0.2) is 21.8 Å². The summed E-state index contributed by atoms with van der Waals surface area (Å²) in [5.74, 6) is -2.67. The lowest BCUT2D eigenvalue weighted by Gasteiger charge is -2.49. The molecule has 0 spiro atoms. The van der Waals surface area contributed by atoms with E-state index in [0.29, 0.717) is 6.41 Å². The van der Waals surface area contributed by atoms with Gasteiger partial charge in [-0.15, -0.1) is 23.1 Å². The minimum Gasteiger partial charge on any atom is -0.477 e. The molecule has 4 amide bonds. The van der Waals surface area contributed by atoms with Crippen LogP contribution in [-0.4, -0.2) is 80.9 Å². The number of primary amides is 1. The summed E-state index contributed by atoms with van der Waals surface area (Å²) in [6.07, 6.45) is -0.996. The summed E-state index contributed by atoms with van der Waals surface area (Å²) in [4.78, 5) is 69.4. The first-order valence-electron chi connectivity index (χ1n) is 9.67. The highest BCUT2D eigenvalue weighted by molar-refractivity contribution is 8.00. The molecular formula is C18H20N6O8S2. The summed E-state index contributed by atoms with van der Waals surface area (Å²) < 4.78 is 4.68. The van der Waals surface area contributed by atoms with Gasteiger partial charge in [-0.2, -0.15) is 0 Å². The fourth-order valence-electron chi connectivity index (χ4n) is 3.02. The molecule has 0 radical (unpaired) electrons. The number of aliphatic carboxylic acids is 1. The lowest BCUT2D eigenvalue weighted by atomic mass is 10.0. The minimum absolute atomic E-state index is 0.115. The van der Waals surface area contributed by atoms with Gasteiger partial charge in [0.05, 0.1) is 0 Å². The molecule has 1 aromatic heterocycles. The molecule has 1 saturated heterocycles. The molecule has 2 aliphatic rings. The van der Waals surface area contributed by atoms with Crippen molar-refractivity contribution in [2.45, 2.75) is 31.4 Å². The number of ether oxygens (including phenoxy) is 1. The average Bonchev–Trinajstić information content (AvgIpc) is 3.23. The van der Waals surface area contributed by atoms with Crippen LogP contribution in [0.5, 0.6) is 0 Å². The van der Waals surface area contributed by atoms with Crippen LogP contribution in [0, 0.1) is 0 Å². The maximum absolute atomic E-state index is 13.0. The normalized spacial score (nSPS) is 19.8. The largest absolute Gasteiger partial charge is 0.477 e. The number of thiazole rings is 1. The molecule has 2 aliphatic heterocycles. The molecule has 1 fully saturated rings. The van der Waals surface area contributed by atoms with E-state index in [0.717, 1.165) is 16.2 Å². The number of nitrogens with two attached hydrogens (primary N) is 1. The second-order valence-electron chi connectivity index (χ2n) is 7.12. The van der Waals surface area contributed by atoms with Crippen molar-refractivity contribution < 1.29 is 38.7 Å². The molecule has 34 heavy (non-hydrogen) atoms. The summed E-state index contributed by atoms with van der Waals surface area (Å²) in [7, 11) is 0. The number of amides is 4. The Hall–Kier alpha value is -3.66. The van der Waals surface area contributed by atoms with Crippen molar-refractivity contribution in [3.63, 3.8) is 0 Å². The number of carboxylic acid groups (broad SMARTS) is 1. The van der Waals surface area contributed by atoms with E-state index in [1.807, 2.05) is 0 Å². The maximum Gasteiger partial charge on any atom is 0.404 e. The number of thioether (sulfide) groups is 1. The van der Waals surface area contributed by atoms with Crippen molar-refractivity contribution in [2.75, 3.05) is 17.7 Å². The second kappa shape index (κ2) is 10.5. The van der Waals surface area contributed by atoms with Crippen LogP contribution < -0.4 is 16.4 Å². The van der Waals surface area contributed by atoms with Gasteiger partial charge in [-0.05, 0) is 13.8 Å². The van der Waals surface area contributed by atoms with Crippen LogP contribution in [0.3, 0.4) is 0 Å². The van der Waals surface area contributed by atoms with Crippen molar-refractivity contribution in [2.24, 2.45) is 10.9 Å². The van der Waals surface area contributed by atoms with E-state index in [4.69, 9.17) is 10.6 Å². The Morgan fingerprint density at radius 2 is 2.18 bits per heavy atom. The Morgan fingerprint density at radius 1 is 1.44 bits per heavy atom. The summed E-state index contributed by atoms with van der Waals surface area (Å²) in [6, 6.07) is -1.04. The summed E-state index contributed by atoms with van der Waals surface area (Å²) in [6.45, 7) is 3.03. The summed E-state index contributed by atoms with van der Waals surface area (Å²) >= 11 is 2.24. The van der Waals surface area contributed by atoms with Crippen LogP contribution in [0.4, 0.5) is 9.93 Å². The highest BCUT2D eigenvalue weighted by atomic mass is 32.2. The third kappa shape index (κ3) is 5.28. The summed E-state index contributed by atoms with van der Waals surface area (Å²) in [5.41, 5.74) is 4.72. The van der Waals surface area contributed by atoms with Gasteiger partial charge < -0.3 is 31.0 Å². The number of aromatic nitrogens is 1. The third-order valence-corrected chi connectivity index (χ3v) is 6.54. The molecule has 2 atom stereocenters. The molecule has 0 aliphatic carbocycles. The van der Waals surface area contributed by atoms with Crippen LogP contribution in [0.2, 0.25) is 0 Å². The molecule has 3 heterocycles. The zero-order chi connectivity index (χ0) is 25.0. The molecule has 14 nitrogen and oxygen atoms in total. The number of hydrogen-bond acceptors (Lipinski definition) is 11. The van der Waals surface area contributed by atoms with Gasteiger partial charge in [-0.25, -0.2) is 14.6 Å². The number of β-lactam (4-membered cyclic amide) rings is 1. The smallest absolute Gasteiger partial charge is 0.404 e. The van der Waals surface area contributed by atoms with Gasteiger partial charge in [0, 0.05) is 16.7 Å². The van der Waals surface area contributed by atoms with Crippen molar-refractivity contribution in [3.8, 4) is 0 Å². The third-order valence-electron chi connectivity index (χ3n) is 4.42. The van der Waals surface area contributed by atoms with Crippen LogP contribution in [-0.2, 0) is 28.8 Å². The number of anilines is 1. The first kappa shape index (κ1) is 25.0. The fraction of sp³-hybridized carbons (Fsp3) is 0.389. The van der Waals surface area contributed by atoms with Gasteiger partial charge in [0.15, 0.2) is 10.8 Å². The number of carbonyl (C=O) groups is 5. The van der Waals surface area contributed by atoms with Crippen molar-refractivity contribution in [3.05, 3.63) is 22.3 Å². The minimum atomic E-state index is -1.38. The Kier molecular flexibility index (Phi) is 7.72. The Labute approximate surface area is 200 Å². The molecule has 0 saturated carbocycles. The van der Waals surface area contributed by atoms with Crippen molar-refractivity contribution in [1.29, 1.82) is 0 Å². The first-order chi connectivity index (χ1) is 16.1. The number of fused-ring (bicyclic) bond motifs is 1. The predicted octanol–water partition coefficient (Wildman–Crippen LogP) is -0.326. The van der Waals surface area contributed by atoms with Gasteiger partial charge >= 0.3 is 12.1 Å². The lowest BCUT2D eigenvalue weighted by molar-refractivity contribution is -0.150. The van der Waals surface area contributed by atoms with E-state index in [2.05, 4.69) is 25.5 Å². The molecule has 3 rings (SSSR count). The van der Waals surface area contributed by atoms with E-state index >= 15 is 0 Å². The molecular weight excluding hydrogens is 492 g/mol. The Balaban J connectivity index is 1.79. The monoisotopic (exact) mass is 512 g/mol. The van der Waals surface area contributed by atoms with Gasteiger partial charge in [-0.1, -0.05) is 5.16 Å².